The molecule has 0 spiro atoms. The Morgan fingerprint density at radius 3 is 2.67 bits per heavy atom. The lowest BCUT2D eigenvalue weighted by Gasteiger charge is -2.06. The first-order valence-electron chi connectivity index (χ1n) is 5.42. The predicted octanol–water partition coefficient (Wildman–Crippen LogP) is 2.98. The van der Waals surface area contributed by atoms with Crippen LogP contribution in [0.25, 0.3) is 11.1 Å². The minimum Gasteiger partial charge on any atom is -0.465 e. The molecule has 0 aliphatic heterocycles. The topological polar surface area (TPSA) is 39.2 Å². The first-order valence-corrected chi connectivity index (χ1v) is 5.42. The number of hydrogen-bond donors (Lipinski definition) is 0. The number of ether oxygens (including phenoxy) is 1. The van der Waals surface area contributed by atoms with Gasteiger partial charge in [-0.2, -0.15) is 0 Å². The van der Waals surface area contributed by atoms with Gasteiger partial charge in [0.25, 0.3) is 0 Å². The Kier molecular flexibility index (Phi) is 3.37. The van der Waals surface area contributed by atoms with E-state index in [-0.39, 0.29) is 5.56 Å². The summed E-state index contributed by atoms with van der Waals surface area (Å²) < 4.78 is 18.1. The molecule has 0 atom stereocenters. The van der Waals surface area contributed by atoms with Crippen molar-refractivity contribution >= 4 is 5.97 Å². The van der Waals surface area contributed by atoms with E-state index in [1.165, 1.54) is 13.2 Å². The van der Waals surface area contributed by atoms with E-state index in [1.54, 1.807) is 18.3 Å². The summed E-state index contributed by atoms with van der Waals surface area (Å²) in [6.07, 6.45) is 1.65. The number of benzene rings is 1. The van der Waals surface area contributed by atoms with Crippen LogP contribution in [-0.4, -0.2) is 18.1 Å². The van der Waals surface area contributed by atoms with Gasteiger partial charge in [0, 0.05) is 11.9 Å². The van der Waals surface area contributed by atoms with Gasteiger partial charge < -0.3 is 4.74 Å². The van der Waals surface area contributed by atoms with Crippen molar-refractivity contribution in [3.8, 4) is 11.1 Å². The highest BCUT2D eigenvalue weighted by atomic mass is 19.1. The molecular formula is C14H12FNO2. The summed E-state index contributed by atoms with van der Waals surface area (Å²) in [5.41, 5.74) is 2.46. The average molecular weight is 245 g/mol. The Bertz CT molecular complexity index is 596. The van der Waals surface area contributed by atoms with E-state index in [1.807, 2.05) is 13.0 Å². The van der Waals surface area contributed by atoms with Crippen molar-refractivity contribution in [3.05, 3.63) is 53.6 Å². The zero-order valence-electron chi connectivity index (χ0n) is 10.1. The highest BCUT2D eigenvalue weighted by Crippen LogP contribution is 2.22. The number of nitrogens with zero attached hydrogens (tertiary/aromatic N) is 1. The molecule has 0 aliphatic carbocycles. The fraction of sp³-hybridized carbons (Fsp3) is 0.143. The molecule has 92 valence electrons. The third kappa shape index (κ3) is 2.53. The Morgan fingerprint density at radius 2 is 2.00 bits per heavy atom. The Hall–Kier alpha value is -2.23. The number of rotatable bonds is 2. The highest BCUT2D eigenvalue weighted by Gasteiger charge is 2.10. The Morgan fingerprint density at radius 1 is 1.22 bits per heavy atom. The van der Waals surface area contributed by atoms with Gasteiger partial charge in [-0.25, -0.2) is 9.18 Å². The zero-order chi connectivity index (χ0) is 13.1. The van der Waals surface area contributed by atoms with Crippen LogP contribution in [0, 0.1) is 12.7 Å². The number of carbonyl (C=O) groups is 1. The van der Waals surface area contributed by atoms with E-state index in [2.05, 4.69) is 9.72 Å². The summed E-state index contributed by atoms with van der Waals surface area (Å²) in [4.78, 5) is 15.5. The van der Waals surface area contributed by atoms with Crippen molar-refractivity contribution in [2.45, 2.75) is 6.92 Å². The third-order valence-corrected chi connectivity index (χ3v) is 2.55. The maximum atomic E-state index is 13.5. The molecule has 0 unspecified atom stereocenters. The standard InChI is InChI=1S/C14H12FNO2/c1-9-5-10(3-4-16-9)11-6-12(14(17)18-2)8-13(15)7-11/h3-8H,1-2H3. The number of methoxy groups -OCH3 is 1. The summed E-state index contributed by atoms with van der Waals surface area (Å²) >= 11 is 0. The SMILES string of the molecule is COC(=O)c1cc(F)cc(-c2ccnc(C)c2)c1. The molecule has 0 saturated carbocycles. The van der Waals surface area contributed by atoms with E-state index >= 15 is 0 Å². The van der Waals surface area contributed by atoms with Gasteiger partial charge in [-0.1, -0.05) is 0 Å². The fourth-order valence-corrected chi connectivity index (χ4v) is 1.72. The first-order chi connectivity index (χ1) is 8.60. The summed E-state index contributed by atoms with van der Waals surface area (Å²) in [5.74, 6) is -1.02. The lowest BCUT2D eigenvalue weighted by molar-refractivity contribution is 0.0600. The maximum absolute atomic E-state index is 13.5. The molecule has 2 rings (SSSR count). The molecule has 3 nitrogen and oxygen atoms in total. The van der Waals surface area contributed by atoms with Crippen LogP contribution in [0.1, 0.15) is 16.1 Å². The maximum Gasteiger partial charge on any atom is 0.337 e. The van der Waals surface area contributed by atoms with Gasteiger partial charge in [0.2, 0.25) is 0 Å². The predicted molar refractivity (Wildman–Crippen MR) is 65.7 cm³/mol. The van der Waals surface area contributed by atoms with Gasteiger partial charge in [0.1, 0.15) is 5.82 Å². The molecule has 0 aliphatic rings. The minimum absolute atomic E-state index is 0.196. The van der Waals surface area contributed by atoms with Gasteiger partial charge >= 0.3 is 5.97 Å². The number of carbonyl (C=O) groups excluding carboxylic acids is 1. The molecule has 0 saturated heterocycles. The molecule has 1 aromatic carbocycles. The van der Waals surface area contributed by atoms with E-state index in [0.29, 0.717) is 5.56 Å². The molecule has 2 aromatic rings. The van der Waals surface area contributed by atoms with Crippen LogP contribution in [0.4, 0.5) is 4.39 Å². The van der Waals surface area contributed by atoms with Crippen LogP contribution in [0.3, 0.4) is 0 Å². The second kappa shape index (κ2) is 4.96. The largest absolute Gasteiger partial charge is 0.465 e. The monoisotopic (exact) mass is 245 g/mol. The molecule has 4 heteroatoms. The molecule has 1 heterocycles. The number of esters is 1. The third-order valence-electron chi connectivity index (χ3n) is 2.55. The lowest BCUT2D eigenvalue weighted by atomic mass is 10.0. The molecule has 0 N–H and O–H groups in total. The van der Waals surface area contributed by atoms with Crippen LogP contribution in [0.15, 0.2) is 36.5 Å². The zero-order valence-corrected chi connectivity index (χ0v) is 10.1. The molecule has 0 bridgehead atoms. The van der Waals surface area contributed by atoms with E-state index < -0.39 is 11.8 Å². The molecule has 1 aromatic heterocycles. The number of pyridine rings is 1. The van der Waals surface area contributed by atoms with Crippen molar-refractivity contribution in [2.24, 2.45) is 0 Å². The molecule has 0 fully saturated rings. The Labute approximate surface area is 104 Å². The van der Waals surface area contributed by atoms with Gasteiger partial charge in [0.05, 0.1) is 12.7 Å². The van der Waals surface area contributed by atoms with Crippen LogP contribution in [0.5, 0.6) is 0 Å². The average Bonchev–Trinajstić information content (AvgIpc) is 2.37. The molecule has 0 amide bonds. The summed E-state index contributed by atoms with van der Waals surface area (Å²) in [6, 6.07) is 7.73. The summed E-state index contributed by atoms with van der Waals surface area (Å²) in [6.45, 7) is 1.85. The number of halogens is 1. The summed E-state index contributed by atoms with van der Waals surface area (Å²) in [7, 11) is 1.27. The van der Waals surface area contributed by atoms with E-state index in [4.69, 9.17) is 0 Å². The van der Waals surface area contributed by atoms with Crippen LogP contribution in [0.2, 0.25) is 0 Å². The van der Waals surface area contributed by atoms with Crippen molar-refractivity contribution in [2.75, 3.05) is 7.11 Å². The molecular weight excluding hydrogens is 233 g/mol. The normalized spacial score (nSPS) is 10.2. The number of aromatic nitrogens is 1. The van der Waals surface area contributed by atoms with Crippen molar-refractivity contribution in [1.82, 2.24) is 4.98 Å². The fourth-order valence-electron chi connectivity index (χ4n) is 1.72. The van der Waals surface area contributed by atoms with Crippen molar-refractivity contribution < 1.29 is 13.9 Å². The molecule has 18 heavy (non-hydrogen) atoms. The van der Waals surface area contributed by atoms with E-state index in [0.717, 1.165) is 17.3 Å². The smallest absolute Gasteiger partial charge is 0.337 e. The first kappa shape index (κ1) is 12.2. The van der Waals surface area contributed by atoms with Crippen molar-refractivity contribution in [1.29, 1.82) is 0 Å². The van der Waals surface area contributed by atoms with Gasteiger partial charge in [-0.15, -0.1) is 0 Å². The summed E-state index contributed by atoms with van der Waals surface area (Å²) in [5, 5.41) is 0. The van der Waals surface area contributed by atoms with Gasteiger partial charge in [0.15, 0.2) is 0 Å². The quantitative estimate of drug-likeness (QED) is 0.763. The van der Waals surface area contributed by atoms with E-state index in [9.17, 15) is 9.18 Å². The van der Waals surface area contributed by atoms with Crippen LogP contribution in [-0.2, 0) is 4.74 Å². The highest BCUT2D eigenvalue weighted by molar-refractivity contribution is 5.91. The van der Waals surface area contributed by atoms with Crippen molar-refractivity contribution in [3.63, 3.8) is 0 Å². The van der Waals surface area contributed by atoms with Crippen LogP contribution >= 0.6 is 0 Å². The number of aryl methyl sites for hydroxylation is 1. The van der Waals surface area contributed by atoms with Gasteiger partial charge in [-0.3, -0.25) is 4.98 Å². The number of hydrogen-bond acceptors (Lipinski definition) is 3. The minimum atomic E-state index is -0.554. The molecule has 0 radical (unpaired) electrons. The Balaban J connectivity index is 2.51. The lowest BCUT2D eigenvalue weighted by Crippen LogP contribution is -2.02. The van der Waals surface area contributed by atoms with Crippen LogP contribution < -0.4 is 0 Å². The second-order valence-corrected chi connectivity index (χ2v) is 3.91. The van der Waals surface area contributed by atoms with Gasteiger partial charge in [-0.05, 0) is 48.4 Å². The second-order valence-electron chi connectivity index (χ2n) is 3.91.